The van der Waals surface area contributed by atoms with Crippen molar-refractivity contribution in [2.75, 3.05) is 11.9 Å². The molecule has 2 heterocycles. The zero-order valence-corrected chi connectivity index (χ0v) is 9.73. The van der Waals surface area contributed by atoms with Crippen molar-refractivity contribution in [3.05, 3.63) is 17.8 Å². The number of carboxylic acid groups (broad SMARTS) is 1. The van der Waals surface area contributed by atoms with Gasteiger partial charge in [0.15, 0.2) is 5.65 Å². The van der Waals surface area contributed by atoms with Gasteiger partial charge in [-0.05, 0) is 13.0 Å². The van der Waals surface area contributed by atoms with Crippen LogP contribution >= 0.6 is 11.3 Å². The van der Waals surface area contributed by atoms with E-state index in [2.05, 4.69) is 9.97 Å². The zero-order chi connectivity index (χ0) is 11.7. The van der Waals surface area contributed by atoms with Gasteiger partial charge in [-0.15, -0.1) is 11.3 Å². The number of rotatable bonds is 3. The monoisotopic (exact) mass is 237 g/mol. The van der Waals surface area contributed by atoms with Crippen molar-refractivity contribution in [3.63, 3.8) is 0 Å². The average molecular weight is 237 g/mol. The van der Waals surface area contributed by atoms with Crippen LogP contribution in [0.15, 0.2) is 17.8 Å². The summed E-state index contributed by atoms with van der Waals surface area (Å²) in [5, 5.41) is 8.97. The van der Waals surface area contributed by atoms with Gasteiger partial charge in [0.1, 0.15) is 6.04 Å². The van der Waals surface area contributed by atoms with E-state index in [-0.39, 0.29) is 0 Å². The number of pyridine rings is 1. The lowest BCUT2D eigenvalue weighted by molar-refractivity contribution is -0.138. The second-order valence-corrected chi connectivity index (χ2v) is 4.32. The lowest BCUT2D eigenvalue weighted by atomic mass is 10.2. The molecule has 1 N–H and O–H groups in total. The molecule has 0 amide bonds. The topological polar surface area (TPSA) is 66.3 Å². The Morgan fingerprint density at radius 3 is 3.00 bits per heavy atom. The van der Waals surface area contributed by atoms with Gasteiger partial charge in [-0.3, -0.25) is 0 Å². The Kier molecular flexibility index (Phi) is 2.74. The van der Waals surface area contributed by atoms with Gasteiger partial charge in [0, 0.05) is 13.2 Å². The first-order chi connectivity index (χ1) is 7.61. The molecular formula is C10H11N3O2S. The number of fused-ring (bicyclic) bond motifs is 1. The lowest BCUT2D eigenvalue weighted by Gasteiger charge is -2.23. The van der Waals surface area contributed by atoms with Gasteiger partial charge < -0.3 is 10.0 Å². The molecule has 16 heavy (non-hydrogen) atoms. The fourth-order valence-corrected chi connectivity index (χ4v) is 2.21. The van der Waals surface area contributed by atoms with Gasteiger partial charge >= 0.3 is 5.97 Å². The van der Waals surface area contributed by atoms with E-state index < -0.39 is 12.0 Å². The maximum Gasteiger partial charge on any atom is 0.326 e. The van der Waals surface area contributed by atoms with Crippen molar-refractivity contribution in [2.24, 2.45) is 0 Å². The minimum Gasteiger partial charge on any atom is -0.480 e. The Morgan fingerprint density at radius 1 is 1.56 bits per heavy atom. The third kappa shape index (κ3) is 1.71. The summed E-state index contributed by atoms with van der Waals surface area (Å²) in [6.07, 6.45) is 1.64. The molecule has 1 unspecified atom stereocenters. The summed E-state index contributed by atoms with van der Waals surface area (Å²) in [4.78, 5) is 20.8. The summed E-state index contributed by atoms with van der Waals surface area (Å²) in [5.74, 6) is -0.850. The van der Waals surface area contributed by atoms with Crippen LogP contribution in [0.2, 0.25) is 0 Å². The van der Waals surface area contributed by atoms with Crippen LogP contribution in [0.5, 0.6) is 0 Å². The molecule has 0 saturated carbocycles. The Balaban J connectivity index is 2.46. The summed E-state index contributed by atoms with van der Waals surface area (Å²) < 4.78 is 0.915. The largest absolute Gasteiger partial charge is 0.480 e. The number of hydrogen-bond acceptors (Lipinski definition) is 5. The summed E-state index contributed by atoms with van der Waals surface area (Å²) in [6, 6.07) is 1.23. The van der Waals surface area contributed by atoms with Crippen molar-refractivity contribution < 1.29 is 9.90 Å². The molecule has 2 aromatic heterocycles. The highest BCUT2D eigenvalue weighted by atomic mass is 32.1. The molecule has 2 rings (SSSR count). The first-order valence-electron chi connectivity index (χ1n) is 4.75. The van der Waals surface area contributed by atoms with Crippen LogP contribution in [-0.4, -0.2) is 34.1 Å². The van der Waals surface area contributed by atoms with Crippen molar-refractivity contribution >= 4 is 33.3 Å². The summed E-state index contributed by atoms with van der Waals surface area (Å²) >= 11 is 1.46. The van der Waals surface area contributed by atoms with Crippen LogP contribution in [0.3, 0.4) is 0 Å². The number of likely N-dealkylation sites (N-methyl/N-ethyl adjacent to an activating group) is 1. The smallest absolute Gasteiger partial charge is 0.326 e. The highest BCUT2D eigenvalue weighted by Crippen LogP contribution is 2.28. The van der Waals surface area contributed by atoms with Crippen LogP contribution in [-0.2, 0) is 4.79 Å². The molecular weight excluding hydrogens is 226 g/mol. The Hall–Kier alpha value is -1.69. The van der Waals surface area contributed by atoms with E-state index in [1.807, 2.05) is 0 Å². The van der Waals surface area contributed by atoms with E-state index in [9.17, 15) is 4.79 Å². The third-order valence-corrected chi connectivity index (χ3v) is 3.37. The Bertz CT molecular complexity index is 526. The standard InChI is InChI=1S/C10H11N3O2S/c1-6(10(14)15)13(2)7-3-4-11-9-8(7)16-5-12-9/h3-6H,1-2H3,(H,14,15). The number of aromatic nitrogens is 2. The van der Waals surface area contributed by atoms with Gasteiger partial charge in [0.05, 0.1) is 15.9 Å². The van der Waals surface area contributed by atoms with Crippen LogP contribution in [0.25, 0.3) is 10.3 Å². The van der Waals surface area contributed by atoms with Gasteiger partial charge in [0.25, 0.3) is 0 Å². The predicted molar refractivity (Wildman–Crippen MR) is 62.9 cm³/mol. The Labute approximate surface area is 96.4 Å². The zero-order valence-electron chi connectivity index (χ0n) is 8.91. The van der Waals surface area contributed by atoms with Crippen LogP contribution in [0.1, 0.15) is 6.92 Å². The molecule has 5 nitrogen and oxygen atoms in total. The molecule has 84 valence electrons. The van der Waals surface area contributed by atoms with Gasteiger partial charge in [0.2, 0.25) is 0 Å². The number of carboxylic acids is 1. The first kappa shape index (κ1) is 10.8. The van der Waals surface area contributed by atoms with E-state index in [1.54, 1.807) is 36.6 Å². The van der Waals surface area contributed by atoms with Gasteiger partial charge in [-0.25, -0.2) is 14.8 Å². The average Bonchev–Trinajstić information content (AvgIpc) is 2.74. The molecule has 1 atom stereocenters. The molecule has 0 radical (unpaired) electrons. The summed E-state index contributed by atoms with van der Waals surface area (Å²) in [5.41, 5.74) is 3.22. The SMILES string of the molecule is CC(C(=O)O)N(C)c1ccnc2ncsc12. The maximum atomic E-state index is 10.9. The summed E-state index contributed by atoms with van der Waals surface area (Å²) in [7, 11) is 1.76. The fourth-order valence-electron chi connectivity index (χ4n) is 1.41. The highest BCUT2D eigenvalue weighted by molar-refractivity contribution is 7.17. The fraction of sp³-hybridized carbons (Fsp3) is 0.300. The summed E-state index contributed by atoms with van der Waals surface area (Å²) in [6.45, 7) is 1.65. The number of thiazole rings is 1. The molecule has 2 aromatic rings. The van der Waals surface area contributed by atoms with Gasteiger partial charge in [-0.1, -0.05) is 0 Å². The third-order valence-electron chi connectivity index (χ3n) is 2.53. The van der Waals surface area contributed by atoms with E-state index in [4.69, 9.17) is 5.11 Å². The minimum atomic E-state index is -0.850. The quantitative estimate of drug-likeness (QED) is 0.878. The second kappa shape index (κ2) is 4.05. The lowest BCUT2D eigenvalue weighted by Crippen LogP contribution is -2.35. The molecule has 0 bridgehead atoms. The molecule has 0 aliphatic rings. The van der Waals surface area contributed by atoms with E-state index in [0.717, 1.165) is 10.4 Å². The Morgan fingerprint density at radius 2 is 2.31 bits per heavy atom. The maximum absolute atomic E-state index is 10.9. The molecule has 0 aliphatic heterocycles. The molecule has 6 heteroatoms. The molecule has 0 aliphatic carbocycles. The van der Waals surface area contributed by atoms with Crippen molar-refractivity contribution in [3.8, 4) is 0 Å². The van der Waals surface area contributed by atoms with Crippen molar-refractivity contribution in [2.45, 2.75) is 13.0 Å². The van der Waals surface area contributed by atoms with Crippen LogP contribution in [0, 0.1) is 0 Å². The molecule has 0 aromatic carbocycles. The van der Waals surface area contributed by atoms with Crippen LogP contribution < -0.4 is 4.90 Å². The van der Waals surface area contributed by atoms with Crippen molar-refractivity contribution in [1.82, 2.24) is 9.97 Å². The van der Waals surface area contributed by atoms with E-state index in [0.29, 0.717) is 5.65 Å². The van der Waals surface area contributed by atoms with Crippen LogP contribution in [0.4, 0.5) is 5.69 Å². The van der Waals surface area contributed by atoms with Gasteiger partial charge in [-0.2, -0.15) is 0 Å². The minimum absolute atomic E-state index is 0.576. The normalized spacial score (nSPS) is 12.6. The van der Waals surface area contributed by atoms with Crippen molar-refractivity contribution in [1.29, 1.82) is 0 Å². The van der Waals surface area contributed by atoms with E-state index >= 15 is 0 Å². The number of carbonyl (C=O) groups is 1. The second-order valence-electron chi connectivity index (χ2n) is 3.46. The first-order valence-corrected chi connectivity index (χ1v) is 5.63. The number of hydrogen-bond donors (Lipinski definition) is 1. The molecule has 0 saturated heterocycles. The highest BCUT2D eigenvalue weighted by Gasteiger charge is 2.19. The molecule has 0 spiro atoms. The van der Waals surface area contributed by atoms with E-state index in [1.165, 1.54) is 11.3 Å². The molecule has 0 fully saturated rings. The predicted octanol–water partition coefficient (Wildman–Crippen LogP) is 1.60. The number of aliphatic carboxylic acids is 1. The number of nitrogens with zero attached hydrogens (tertiary/aromatic N) is 3. The number of anilines is 1.